The van der Waals surface area contributed by atoms with Crippen LogP contribution in [0.3, 0.4) is 0 Å². The Labute approximate surface area is 94.1 Å². The topological polar surface area (TPSA) is 75.0 Å². The van der Waals surface area contributed by atoms with Crippen LogP contribution in [-0.2, 0) is 0 Å². The highest BCUT2D eigenvalue weighted by molar-refractivity contribution is 5.96. The van der Waals surface area contributed by atoms with Crippen molar-refractivity contribution in [3.8, 4) is 11.8 Å². The summed E-state index contributed by atoms with van der Waals surface area (Å²) in [6.45, 7) is 2.06. The molecule has 1 rings (SSSR count). The summed E-state index contributed by atoms with van der Waals surface area (Å²) in [6, 6.07) is 3.62. The lowest BCUT2D eigenvalue weighted by Gasteiger charge is -2.08. The number of rotatable bonds is 4. The van der Waals surface area contributed by atoms with Gasteiger partial charge in [0, 0.05) is 12.7 Å². The van der Waals surface area contributed by atoms with E-state index < -0.39 is 0 Å². The second kappa shape index (κ2) is 5.71. The second-order valence-corrected chi connectivity index (χ2v) is 3.32. The number of nitriles is 1. The van der Waals surface area contributed by atoms with Crippen LogP contribution in [0.25, 0.3) is 0 Å². The SMILES string of the molecule is COc1cnccc1C(=O)NCC(C)C#N. The van der Waals surface area contributed by atoms with Crippen molar-refractivity contribution in [2.45, 2.75) is 6.92 Å². The van der Waals surface area contributed by atoms with Crippen molar-refractivity contribution in [2.75, 3.05) is 13.7 Å². The molecule has 0 bridgehead atoms. The Hall–Kier alpha value is -2.09. The molecule has 0 aromatic carbocycles. The van der Waals surface area contributed by atoms with Gasteiger partial charge in [-0.2, -0.15) is 5.26 Å². The Morgan fingerprint density at radius 2 is 2.50 bits per heavy atom. The van der Waals surface area contributed by atoms with E-state index in [-0.39, 0.29) is 11.8 Å². The first-order valence-electron chi connectivity index (χ1n) is 4.85. The van der Waals surface area contributed by atoms with Crippen molar-refractivity contribution in [3.63, 3.8) is 0 Å². The smallest absolute Gasteiger partial charge is 0.255 e. The number of ether oxygens (including phenoxy) is 1. The first kappa shape index (κ1) is 12.0. The van der Waals surface area contributed by atoms with Crippen molar-refractivity contribution in [1.29, 1.82) is 5.26 Å². The molecule has 0 spiro atoms. The zero-order valence-electron chi connectivity index (χ0n) is 9.23. The predicted molar refractivity (Wildman–Crippen MR) is 57.9 cm³/mol. The summed E-state index contributed by atoms with van der Waals surface area (Å²) >= 11 is 0. The van der Waals surface area contributed by atoms with Crippen LogP contribution in [0.2, 0.25) is 0 Å². The molecule has 0 fully saturated rings. The maximum absolute atomic E-state index is 11.7. The summed E-state index contributed by atoms with van der Waals surface area (Å²) < 4.78 is 5.01. The molecule has 5 heteroatoms. The molecule has 1 N–H and O–H groups in total. The van der Waals surface area contributed by atoms with Crippen molar-refractivity contribution in [2.24, 2.45) is 5.92 Å². The van der Waals surface area contributed by atoms with Gasteiger partial charge in [0.2, 0.25) is 0 Å². The van der Waals surface area contributed by atoms with E-state index in [0.717, 1.165) is 0 Å². The van der Waals surface area contributed by atoms with Gasteiger partial charge in [-0.25, -0.2) is 0 Å². The lowest BCUT2D eigenvalue weighted by atomic mass is 10.2. The maximum Gasteiger partial charge on any atom is 0.255 e. The molecule has 1 unspecified atom stereocenters. The number of methoxy groups -OCH3 is 1. The van der Waals surface area contributed by atoms with Gasteiger partial charge >= 0.3 is 0 Å². The van der Waals surface area contributed by atoms with E-state index in [1.54, 1.807) is 13.0 Å². The minimum absolute atomic E-state index is 0.211. The van der Waals surface area contributed by atoms with Gasteiger partial charge in [0.25, 0.3) is 5.91 Å². The first-order valence-corrected chi connectivity index (χ1v) is 4.85. The number of carbonyl (C=O) groups is 1. The van der Waals surface area contributed by atoms with Gasteiger partial charge in [-0.05, 0) is 13.0 Å². The van der Waals surface area contributed by atoms with Crippen LogP contribution in [0.15, 0.2) is 18.5 Å². The van der Waals surface area contributed by atoms with Crippen LogP contribution in [0, 0.1) is 17.2 Å². The third kappa shape index (κ3) is 2.95. The van der Waals surface area contributed by atoms with Crippen LogP contribution < -0.4 is 10.1 Å². The molecule has 1 atom stereocenters. The Morgan fingerprint density at radius 3 is 3.12 bits per heavy atom. The summed E-state index contributed by atoms with van der Waals surface area (Å²) in [5.74, 6) is -0.0530. The van der Waals surface area contributed by atoms with Gasteiger partial charge in [-0.3, -0.25) is 9.78 Å². The van der Waals surface area contributed by atoms with E-state index in [2.05, 4.69) is 10.3 Å². The Kier molecular flexibility index (Phi) is 4.28. The normalized spacial score (nSPS) is 11.3. The number of nitrogens with zero attached hydrogens (tertiary/aromatic N) is 2. The highest BCUT2D eigenvalue weighted by Gasteiger charge is 2.12. The molecule has 0 aliphatic rings. The Bertz CT molecular complexity index is 412. The minimum atomic E-state index is -0.263. The number of hydrogen-bond acceptors (Lipinski definition) is 4. The van der Waals surface area contributed by atoms with E-state index in [0.29, 0.717) is 17.9 Å². The van der Waals surface area contributed by atoms with Crippen molar-refractivity contribution in [3.05, 3.63) is 24.0 Å². The van der Waals surface area contributed by atoms with Gasteiger partial charge in [0.1, 0.15) is 5.75 Å². The summed E-state index contributed by atoms with van der Waals surface area (Å²) in [5.41, 5.74) is 0.419. The van der Waals surface area contributed by atoms with Crippen LogP contribution >= 0.6 is 0 Å². The summed E-state index contributed by atoms with van der Waals surface area (Å²) in [6.07, 6.45) is 2.99. The number of pyridine rings is 1. The van der Waals surface area contributed by atoms with E-state index in [9.17, 15) is 4.79 Å². The zero-order chi connectivity index (χ0) is 12.0. The van der Waals surface area contributed by atoms with Crippen molar-refractivity contribution >= 4 is 5.91 Å². The highest BCUT2D eigenvalue weighted by atomic mass is 16.5. The number of carbonyl (C=O) groups excluding carboxylic acids is 1. The van der Waals surface area contributed by atoms with Crippen LogP contribution in [0.5, 0.6) is 5.75 Å². The predicted octanol–water partition coefficient (Wildman–Crippen LogP) is 0.980. The molecule has 0 aliphatic heterocycles. The molecule has 16 heavy (non-hydrogen) atoms. The molecule has 1 heterocycles. The lowest BCUT2D eigenvalue weighted by molar-refractivity contribution is 0.0947. The standard InChI is InChI=1S/C11H13N3O2/c1-8(5-12)6-14-11(15)9-3-4-13-7-10(9)16-2/h3-4,7-8H,6H2,1-2H3,(H,14,15). The third-order valence-electron chi connectivity index (χ3n) is 2.04. The maximum atomic E-state index is 11.7. The van der Waals surface area contributed by atoms with E-state index >= 15 is 0 Å². The molecular weight excluding hydrogens is 206 g/mol. The summed E-state index contributed by atoms with van der Waals surface area (Å²) in [7, 11) is 1.48. The quantitative estimate of drug-likeness (QED) is 0.819. The van der Waals surface area contributed by atoms with Crippen molar-refractivity contribution < 1.29 is 9.53 Å². The number of aromatic nitrogens is 1. The summed E-state index contributed by atoms with van der Waals surface area (Å²) in [4.78, 5) is 15.6. The fourth-order valence-corrected chi connectivity index (χ4v) is 1.12. The molecular formula is C11H13N3O2. The largest absolute Gasteiger partial charge is 0.494 e. The summed E-state index contributed by atoms with van der Waals surface area (Å²) in [5, 5.41) is 11.2. The minimum Gasteiger partial charge on any atom is -0.494 e. The highest BCUT2D eigenvalue weighted by Crippen LogP contribution is 2.15. The average Bonchev–Trinajstić information content (AvgIpc) is 2.35. The number of hydrogen-bond donors (Lipinski definition) is 1. The van der Waals surface area contributed by atoms with Crippen molar-refractivity contribution in [1.82, 2.24) is 10.3 Å². The second-order valence-electron chi connectivity index (χ2n) is 3.32. The zero-order valence-corrected chi connectivity index (χ0v) is 9.23. The van der Waals surface area contributed by atoms with Gasteiger partial charge in [0.05, 0.1) is 30.9 Å². The van der Waals surface area contributed by atoms with Gasteiger partial charge in [-0.15, -0.1) is 0 Å². The van der Waals surface area contributed by atoms with Crippen LogP contribution in [0.4, 0.5) is 0 Å². The molecule has 1 amide bonds. The van der Waals surface area contributed by atoms with E-state index in [1.807, 2.05) is 6.07 Å². The fraction of sp³-hybridized carbons (Fsp3) is 0.364. The van der Waals surface area contributed by atoms with Gasteiger partial charge in [0.15, 0.2) is 0 Å². The van der Waals surface area contributed by atoms with Gasteiger partial charge in [-0.1, -0.05) is 0 Å². The van der Waals surface area contributed by atoms with E-state index in [1.165, 1.54) is 19.5 Å². The molecule has 0 saturated heterocycles. The van der Waals surface area contributed by atoms with E-state index in [4.69, 9.17) is 10.00 Å². The average molecular weight is 219 g/mol. The Morgan fingerprint density at radius 1 is 1.75 bits per heavy atom. The molecule has 1 aromatic rings. The Balaban J connectivity index is 2.70. The monoisotopic (exact) mass is 219 g/mol. The number of amides is 1. The van der Waals surface area contributed by atoms with Crippen LogP contribution in [0.1, 0.15) is 17.3 Å². The van der Waals surface area contributed by atoms with Gasteiger partial charge < -0.3 is 10.1 Å². The first-order chi connectivity index (χ1) is 7.69. The lowest BCUT2D eigenvalue weighted by Crippen LogP contribution is -2.28. The molecule has 84 valence electrons. The third-order valence-corrected chi connectivity index (χ3v) is 2.04. The fourth-order valence-electron chi connectivity index (χ4n) is 1.12. The molecule has 0 radical (unpaired) electrons. The molecule has 5 nitrogen and oxygen atoms in total. The molecule has 0 saturated carbocycles. The van der Waals surface area contributed by atoms with Crippen LogP contribution in [-0.4, -0.2) is 24.5 Å². The number of nitrogens with one attached hydrogen (secondary N) is 1. The molecule has 1 aromatic heterocycles. The molecule has 0 aliphatic carbocycles.